The Hall–Kier alpha value is -4.36. The van der Waals surface area contributed by atoms with Gasteiger partial charge < -0.3 is 18.6 Å². The molecule has 0 saturated carbocycles. The summed E-state index contributed by atoms with van der Waals surface area (Å²) in [6, 6.07) is 13.8. The van der Waals surface area contributed by atoms with Crippen LogP contribution < -0.4 is 24.4 Å². The fourth-order valence-electron chi connectivity index (χ4n) is 4.32. The Balaban J connectivity index is 1.32. The number of fused-ring (bicyclic) bond motifs is 2. The fraction of sp³-hybridized carbons (Fsp3) is 0.241. The first-order chi connectivity index (χ1) is 19.9. The molecule has 13 heteroatoms. The molecule has 0 unspecified atom stereocenters. The quantitative estimate of drug-likeness (QED) is 0.165. The summed E-state index contributed by atoms with van der Waals surface area (Å²) in [6.07, 6.45) is -5.10. The SMILES string of the molecule is Cc1ccc(S(=O)(=O)NCCCC(=O)Oc2ccc3c(=O)c(-c4ccc5c(c4)OCCO5)c(C(F)(F)F)oc3c2)cc1. The number of ether oxygens (including phenoxy) is 3. The maximum absolute atomic E-state index is 14.1. The molecule has 0 amide bonds. The normalized spacial score (nSPS) is 13.2. The lowest BCUT2D eigenvalue weighted by Gasteiger charge is -2.19. The Kier molecular flexibility index (Phi) is 7.97. The molecule has 3 aromatic carbocycles. The molecule has 0 fully saturated rings. The van der Waals surface area contributed by atoms with Crippen molar-refractivity contribution in [3.63, 3.8) is 0 Å². The van der Waals surface area contributed by atoms with E-state index in [2.05, 4.69) is 4.72 Å². The van der Waals surface area contributed by atoms with Crippen molar-refractivity contribution >= 4 is 27.0 Å². The average Bonchev–Trinajstić information content (AvgIpc) is 2.94. The van der Waals surface area contributed by atoms with Gasteiger partial charge in [0.2, 0.25) is 21.2 Å². The maximum Gasteiger partial charge on any atom is 0.450 e. The van der Waals surface area contributed by atoms with Gasteiger partial charge in [0.25, 0.3) is 0 Å². The first-order valence-electron chi connectivity index (χ1n) is 12.8. The molecule has 5 rings (SSSR count). The number of aryl methyl sites for hydroxylation is 1. The van der Waals surface area contributed by atoms with E-state index in [4.69, 9.17) is 18.6 Å². The molecule has 0 spiro atoms. The summed E-state index contributed by atoms with van der Waals surface area (Å²) in [5.41, 5.74) is -1.20. The fourth-order valence-corrected chi connectivity index (χ4v) is 5.39. The van der Waals surface area contributed by atoms with Gasteiger partial charge >= 0.3 is 12.1 Å². The first-order valence-corrected chi connectivity index (χ1v) is 14.3. The van der Waals surface area contributed by atoms with Crippen molar-refractivity contribution in [3.8, 4) is 28.4 Å². The predicted octanol–water partition coefficient (Wildman–Crippen LogP) is 5.22. The number of rotatable bonds is 8. The van der Waals surface area contributed by atoms with Crippen LogP contribution in [0.25, 0.3) is 22.1 Å². The zero-order valence-corrected chi connectivity index (χ0v) is 22.9. The van der Waals surface area contributed by atoms with E-state index in [0.717, 1.165) is 11.6 Å². The molecule has 0 aliphatic carbocycles. The summed E-state index contributed by atoms with van der Waals surface area (Å²) < 4.78 is 90.5. The lowest BCUT2D eigenvalue weighted by atomic mass is 10.0. The summed E-state index contributed by atoms with van der Waals surface area (Å²) >= 11 is 0. The Morgan fingerprint density at radius 1 is 0.976 bits per heavy atom. The molecule has 1 aliphatic rings. The molecule has 1 aromatic heterocycles. The Labute approximate surface area is 237 Å². The molecular formula is C29H24F3NO8S. The minimum absolute atomic E-state index is 0.0461. The van der Waals surface area contributed by atoms with Gasteiger partial charge in [-0.25, -0.2) is 13.1 Å². The number of hydrogen-bond acceptors (Lipinski definition) is 8. The number of hydrogen-bond donors (Lipinski definition) is 1. The van der Waals surface area contributed by atoms with E-state index < -0.39 is 44.5 Å². The largest absolute Gasteiger partial charge is 0.486 e. The standard InChI is InChI=1S/C29H24F3NO8S/c1-17-4-8-20(9-5-17)42(36,37)33-12-2-3-25(34)40-19-7-10-21-23(16-19)41-28(29(30,31)32)26(27(21)35)18-6-11-22-24(15-18)39-14-13-38-22/h4-11,15-16,33H,2-3,12-14H2,1H3. The van der Waals surface area contributed by atoms with E-state index in [1.165, 1.54) is 42.5 Å². The lowest BCUT2D eigenvalue weighted by molar-refractivity contribution is -0.152. The van der Waals surface area contributed by atoms with Crippen LogP contribution in [0.5, 0.6) is 17.2 Å². The van der Waals surface area contributed by atoms with Gasteiger partial charge in [-0.05, 0) is 55.3 Å². The highest BCUT2D eigenvalue weighted by Crippen LogP contribution is 2.40. The van der Waals surface area contributed by atoms with Crippen molar-refractivity contribution in [1.29, 1.82) is 0 Å². The van der Waals surface area contributed by atoms with Gasteiger partial charge in [0.05, 0.1) is 15.8 Å². The van der Waals surface area contributed by atoms with Crippen LogP contribution in [-0.4, -0.2) is 34.1 Å². The number of nitrogens with one attached hydrogen (secondary N) is 1. The van der Waals surface area contributed by atoms with Crippen molar-refractivity contribution in [3.05, 3.63) is 82.2 Å². The Bertz CT molecular complexity index is 1820. The molecule has 42 heavy (non-hydrogen) atoms. The zero-order chi connectivity index (χ0) is 30.1. The van der Waals surface area contributed by atoms with Crippen LogP contribution in [0.3, 0.4) is 0 Å². The highest BCUT2D eigenvalue weighted by Gasteiger charge is 2.39. The maximum atomic E-state index is 14.1. The second kappa shape index (κ2) is 11.5. The van der Waals surface area contributed by atoms with E-state index in [0.29, 0.717) is 5.75 Å². The molecule has 0 bridgehead atoms. The second-order valence-electron chi connectivity index (χ2n) is 9.44. The van der Waals surface area contributed by atoms with Gasteiger partial charge in [-0.2, -0.15) is 13.2 Å². The van der Waals surface area contributed by atoms with Crippen molar-refractivity contribution in [2.75, 3.05) is 19.8 Å². The van der Waals surface area contributed by atoms with Crippen molar-refractivity contribution < 1.29 is 45.0 Å². The molecule has 2 heterocycles. The third kappa shape index (κ3) is 6.26. The van der Waals surface area contributed by atoms with Gasteiger partial charge in [0.1, 0.15) is 24.5 Å². The minimum atomic E-state index is -5.02. The van der Waals surface area contributed by atoms with Gasteiger partial charge in [0.15, 0.2) is 11.5 Å². The van der Waals surface area contributed by atoms with Gasteiger partial charge in [-0.1, -0.05) is 23.8 Å². The molecule has 0 radical (unpaired) electrons. The molecule has 0 saturated heterocycles. The second-order valence-corrected chi connectivity index (χ2v) is 11.2. The number of esters is 1. The van der Waals surface area contributed by atoms with Crippen LogP contribution in [0.4, 0.5) is 13.2 Å². The van der Waals surface area contributed by atoms with E-state index in [1.807, 2.05) is 6.92 Å². The van der Waals surface area contributed by atoms with Gasteiger partial charge in [0, 0.05) is 19.0 Å². The van der Waals surface area contributed by atoms with Crippen LogP contribution in [-0.2, 0) is 21.0 Å². The molecule has 220 valence electrons. The topological polar surface area (TPSA) is 121 Å². The van der Waals surface area contributed by atoms with E-state index >= 15 is 0 Å². The summed E-state index contributed by atoms with van der Waals surface area (Å²) in [5.74, 6) is -1.86. The van der Waals surface area contributed by atoms with Crippen LogP contribution in [0, 0.1) is 6.92 Å². The number of halogens is 3. The first kappa shape index (κ1) is 29.1. The van der Waals surface area contributed by atoms with Crippen molar-refractivity contribution in [2.45, 2.75) is 30.8 Å². The predicted molar refractivity (Wildman–Crippen MR) is 145 cm³/mol. The summed E-state index contributed by atoms with van der Waals surface area (Å²) in [5, 5.41) is -0.154. The van der Waals surface area contributed by atoms with E-state index in [1.54, 1.807) is 12.1 Å². The third-order valence-corrected chi connectivity index (χ3v) is 7.84. The van der Waals surface area contributed by atoms with Crippen molar-refractivity contribution in [2.24, 2.45) is 0 Å². The number of sulfonamides is 1. The van der Waals surface area contributed by atoms with E-state index in [-0.39, 0.29) is 59.9 Å². The summed E-state index contributed by atoms with van der Waals surface area (Å²) in [4.78, 5) is 25.7. The lowest BCUT2D eigenvalue weighted by Crippen LogP contribution is -2.25. The Morgan fingerprint density at radius 2 is 1.69 bits per heavy atom. The molecule has 1 aliphatic heterocycles. The van der Waals surface area contributed by atoms with Gasteiger partial charge in [-0.3, -0.25) is 9.59 Å². The minimum Gasteiger partial charge on any atom is -0.486 e. The van der Waals surface area contributed by atoms with Crippen LogP contribution in [0.15, 0.2) is 74.8 Å². The molecular weight excluding hydrogens is 579 g/mol. The number of carbonyl (C=O) groups is 1. The van der Waals surface area contributed by atoms with Gasteiger partial charge in [-0.15, -0.1) is 0 Å². The van der Waals surface area contributed by atoms with Crippen LogP contribution in [0.1, 0.15) is 24.2 Å². The highest BCUT2D eigenvalue weighted by atomic mass is 32.2. The highest BCUT2D eigenvalue weighted by molar-refractivity contribution is 7.89. The third-order valence-electron chi connectivity index (χ3n) is 6.36. The molecule has 9 nitrogen and oxygen atoms in total. The summed E-state index contributed by atoms with van der Waals surface area (Å²) in [7, 11) is -3.76. The summed E-state index contributed by atoms with van der Waals surface area (Å²) in [6.45, 7) is 2.28. The van der Waals surface area contributed by atoms with Crippen LogP contribution >= 0.6 is 0 Å². The van der Waals surface area contributed by atoms with Crippen LogP contribution in [0.2, 0.25) is 0 Å². The smallest absolute Gasteiger partial charge is 0.450 e. The monoisotopic (exact) mass is 603 g/mol. The molecule has 4 aromatic rings. The molecule has 1 N–H and O–H groups in total. The Morgan fingerprint density at radius 3 is 2.40 bits per heavy atom. The number of alkyl halides is 3. The number of carbonyl (C=O) groups excluding carboxylic acids is 1. The van der Waals surface area contributed by atoms with E-state index in [9.17, 15) is 31.2 Å². The molecule has 0 atom stereocenters. The van der Waals surface area contributed by atoms with Crippen molar-refractivity contribution in [1.82, 2.24) is 4.72 Å². The average molecular weight is 604 g/mol. The number of benzene rings is 3. The zero-order valence-electron chi connectivity index (χ0n) is 22.1.